The molecule has 2 unspecified atom stereocenters. The van der Waals surface area contributed by atoms with Crippen molar-refractivity contribution in [3.05, 3.63) is 17.5 Å². The minimum absolute atomic E-state index is 0.0193. The summed E-state index contributed by atoms with van der Waals surface area (Å²) in [7, 11) is -3.46. The summed E-state index contributed by atoms with van der Waals surface area (Å²) in [5.74, 6) is 0.225. The molecule has 7 nitrogen and oxygen atoms in total. The van der Waals surface area contributed by atoms with Crippen molar-refractivity contribution >= 4 is 27.1 Å². The van der Waals surface area contributed by atoms with Gasteiger partial charge in [0.2, 0.25) is 0 Å². The third-order valence-electron chi connectivity index (χ3n) is 3.54. The molecule has 0 amide bonds. The molecule has 1 aliphatic rings. The lowest BCUT2D eigenvalue weighted by Crippen LogP contribution is -2.41. The fourth-order valence-corrected chi connectivity index (χ4v) is 4.85. The Morgan fingerprint density at radius 2 is 2.38 bits per heavy atom. The zero-order valence-corrected chi connectivity index (χ0v) is 15.4. The van der Waals surface area contributed by atoms with Crippen molar-refractivity contribution in [1.29, 1.82) is 0 Å². The molecular formula is C15H25N3O4S2. The number of guanidine groups is 1. The van der Waals surface area contributed by atoms with Gasteiger partial charge in [-0.1, -0.05) is 6.07 Å². The van der Waals surface area contributed by atoms with Crippen molar-refractivity contribution in [2.75, 3.05) is 32.0 Å². The first-order valence-electron chi connectivity index (χ1n) is 8.09. The predicted molar refractivity (Wildman–Crippen MR) is 95.3 cm³/mol. The molecule has 9 heteroatoms. The Morgan fingerprint density at radius 3 is 3.00 bits per heavy atom. The largest absolute Gasteiger partial charge is 0.390 e. The Bertz CT molecular complexity index is 611. The zero-order chi connectivity index (χ0) is 17.4. The second-order valence-electron chi connectivity index (χ2n) is 5.60. The quantitative estimate of drug-likeness (QED) is 0.455. The van der Waals surface area contributed by atoms with Crippen LogP contribution in [-0.4, -0.2) is 63.7 Å². The Morgan fingerprint density at radius 1 is 1.54 bits per heavy atom. The Labute approximate surface area is 147 Å². The molecule has 0 spiro atoms. The maximum atomic E-state index is 12.1. The number of aliphatic hydroxyl groups excluding tert-OH is 1. The van der Waals surface area contributed by atoms with E-state index in [2.05, 4.69) is 15.6 Å². The minimum atomic E-state index is -3.46. The number of nitrogens with one attached hydrogen (secondary N) is 2. The van der Waals surface area contributed by atoms with E-state index in [-0.39, 0.29) is 22.6 Å². The summed E-state index contributed by atoms with van der Waals surface area (Å²) >= 11 is 1.15. The SMILES string of the molecule is CCNC(=NCC(O)CS(=O)(=O)c1cccs1)NCC1CCCO1. The molecule has 0 radical (unpaired) electrons. The Kier molecular flexibility index (Phi) is 7.47. The smallest absolute Gasteiger partial charge is 0.191 e. The lowest BCUT2D eigenvalue weighted by Gasteiger charge is -2.15. The van der Waals surface area contributed by atoms with E-state index in [9.17, 15) is 13.5 Å². The van der Waals surface area contributed by atoms with E-state index in [0.717, 1.165) is 30.8 Å². The first-order chi connectivity index (χ1) is 11.5. The zero-order valence-electron chi connectivity index (χ0n) is 13.8. The lowest BCUT2D eigenvalue weighted by atomic mass is 10.2. The second kappa shape index (κ2) is 9.36. The lowest BCUT2D eigenvalue weighted by molar-refractivity contribution is 0.113. The van der Waals surface area contributed by atoms with E-state index in [4.69, 9.17) is 4.74 Å². The summed E-state index contributed by atoms with van der Waals surface area (Å²) in [6.45, 7) is 4.09. The molecular weight excluding hydrogens is 350 g/mol. The molecule has 24 heavy (non-hydrogen) atoms. The number of aliphatic hydroxyl groups is 1. The summed E-state index contributed by atoms with van der Waals surface area (Å²) in [5.41, 5.74) is 0. The summed E-state index contributed by atoms with van der Waals surface area (Å²) in [4.78, 5) is 4.27. The highest BCUT2D eigenvalue weighted by Crippen LogP contribution is 2.18. The summed E-state index contributed by atoms with van der Waals surface area (Å²) < 4.78 is 30.1. The molecule has 0 bridgehead atoms. The van der Waals surface area contributed by atoms with Crippen LogP contribution >= 0.6 is 11.3 Å². The van der Waals surface area contributed by atoms with Crippen LogP contribution in [0, 0.1) is 0 Å². The third-order valence-corrected chi connectivity index (χ3v) is 6.82. The van der Waals surface area contributed by atoms with Crippen LogP contribution in [0.5, 0.6) is 0 Å². The number of hydrogen-bond donors (Lipinski definition) is 3. The third kappa shape index (κ3) is 6.04. The van der Waals surface area contributed by atoms with Gasteiger partial charge in [-0.2, -0.15) is 0 Å². The van der Waals surface area contributed by atoms with Gasteiger partial charge in [0.25, 0.3) is 0 Å². The molecule has 0 aromatic carbocycles. The molecule has 1 saturated heterocycles. The predicted octanol–water partition coefficient (Wildman–Crippen LogP) is 0.617. The van der Waals surface area contributed by atoms with Crippen molar-refractivity contribution in [2.45, 2.75) is 36.2 Å². The molecule has 1 aromatic rings. The minimum Gasteiger partial charge on any atom is -0.390 e. The maximum Gasteiger partial charge on any atom is 0.191 e. The van der Waals surface area contributed by atoms with Crippen molar-refractivity contribution < 1.29 is 18.3 Å². The first-order valence-corrected chi connectivity index (χ1v) is 10.6. The van der Waals surface area contributed by atoms with E-state index in [0.29, 0.717) is 19.0 Å². The second-order valence-corrected chi connectivity index (χ2v) is 8.81. The molecule has 1 aliphatic heterocycles. The van der Waals surface area contributed by atoms with Gasteiger partial charge in [0.1, 0.15) is 4.21 Å². The van der Waals surface area contributed by atoms with Gasteiger partial charge in [-0.3, -0.25) is 4.99 Å². The molecule has 2 atom stereocenters. The van der Waals surface area contributed by atoms with Gasteiger partial charge >= 0.3 is 0 Å². The average Bonchev–Trinajstić information content (AvgIpc) is 3.22. The Hall–Kier alpha value is -1.16. The molecule has 2 rings (SSSR count). The van der Waals surface area contributed by atoms with Gasteiger partial charge < -0.3 is 20.5 Å². The topological polar surface area (TPSA) is 100 Å². The van der Waals surface area contributed by atoms with E-state index in [1.807, 2.05) is 6.92 Å². The van der Waals surface area contributed by atoms with Crippen LogP contribution in [0.25, 0.3) is 0 Å². The normalized spacial score (nSPS) is 20.1. The van der Waals surface area contributed by atoms with Crippen molar-refractivity contribution in [1.82, 2.24) is 10.6 Å². The Balaban J connectivity index is 1.85. The molecule has 2 heterocycles. The number of hydrogen-bond acceptors (Lipinski definition) is 6. The highest BCUT2D eigenvalue weighted by atomic mass is 32.2. The van der Waals surface area contributed by atoms with Gasteiger partial charge in [0.15, 0.2) is 15.8 Å². The highest BCUT2D eigenvalue weighted by Gasteiger charge is 2.21. The number of ether oxygens (including phenoxy) is 1. The van der Waals surface area contributed by atoms with Gasteiger partial charge in [-0.25, -0.2) is 8.42 Å². The standard InChI is InChI=1S/C15H25N3O4S2/c1-2-16-15(18-10-13-5-3-7-22-13)17-9-12(19)11-24(20,21)14-6-4-8-23-14/h4,6,8,12-13,19H,2-3,5,7,9-11H2,1H3,(H2,16,17,18). The number of nitrogens with zero attached hydrogens (tertiary/aromatic N) is 1. The van der Waals surface area contributed by atoms with Crippen LogP contribution in [0.3, 0.4) is 0 Å². The first kappa shape index (κ1) is 19.2. The molecule has 136 valence electrons. The fraction of sp³-hybridized carbons (Fsp3) is 0.667. The van der Waals surface area contributed by atoms with E-state index < -0.39 is 15.9 Å². The monoisotopic (exact) mass is 375 g/mol. The molecule has 3 N–H and O–H groups in total. The van der Waals surface area contributed by atoms with Crippen LogP contribution in [-0.2, 0) is 14.6 Å². The van der Waals surface area contributed by atoms with Crippen molar-refractivity contribution in [2.24, 2.45) is 4.99 Å². The van der Waals surface area contributed by atoms with E-state index in [1.54, 1.807) is 17.5 Å². The fourth-order valence-electron chi connectivity index (χ4n) is 2.38. The van der Waals surface area contributed by atoms with Gasteiger partial charge in [-0.05, 0) is 31.2 Å². The van der Waals surface area contributed by atoms with Gasteiger partial charge in [0.05, 0.1) is 24.5 Å². The van der Waals surface area contributed by atoms with E-state index in [1.165, 1.54) is 0 Å². The number of aliphatic imine (C=N–C) groups is 1. The van der Waals surface area contributed by atoms with Gasteiger partial charge in [0, 0.05) is 19.7 Å². The van der Waals surface area contributed by atoms with Crippen LogP contribution in [0.15, 0.2) is 26.7 Å². The van der Waals surface area contributed by atoms with Crippen molar-refractivity contribution in [3.8, 4) is 0 Å². The maximum absolute atomic E-state index is 12.1. The summed E-state index contributed by atoms with van der Waals surface area (Å²) in [6, 6.07) is 3.23. The van der Waals surface area contributed by atoms with Crippen molar-refractivity contribution in [3.63, 3.8) is 0 Å². The highest BCUT2D eigenvalue weighted by molar-refractivity contribution is 7.93. The van der Waals surface area contributed by atoms with Crippen LogP contribution in [0.4, 0.5) is 0 Å². The molecule has 0 aliphatic carbocycles. The molecule has 0 saturated carbocycles. The molecule has 1 aromatic heterocycles. The average molecular weight is 376 g/mol. The number of sulfone groups is 1. The number of rotatable bonds is 8. The summed E-state index contributed by atoms with van der Waals surface area (Å²) in [6.07, 6.45) is 1.22. The van der Waals surface area contributed by atoms with Crippen LogP contribution in [0.2, 0.25) is 0 Å². The number of thiophene rings is 1. The van der Waals surface area contributed by atoms with Crippen LogP contribution in [0.1, 0.15) is 19.8 Å². The van der Waals surface area contributed by atoms with Crippen LogP contribution < -0.4 is 10.6 Å². The van der Waals surface area contributed by atoms with Gasteiger partial charge in [-0.15, -0.1) is 11.3 Å². The van der Waals surface area contributed by atoms with E-state index >= 15 is 0 Å². The molecule has 1 fully saturated rings. The summed E-state index contributed by atoms with van der Waals surface area (Å²) in [5, 5.41) is 18.0.